The number of hydrogen-bond acceptors (Lipinski definition) is 2. The molecule has 0 saturated heterocycles. The molecule has 86 valence electrons. The summed E-state index contributed by atoms with van der Waals surface area (Å²) >= 11 is 0. The lowest BCUT2D eigenvalue weighted by atomic mass is 9.94. The molecule has 3 heteroatoms. The van der Waals surface area contributed by atoms with Gasteiger partial charge in [0.15, 0.2) is 0 Å². The Balaban J connectivity index is 1.75. The summed E-state index contributed by atoms with van der Waals surface area (Å²) in [7, 11) is 1.70. The molecule has 0 aromatic carbocycles. The zero-order chi connectivity index (χ0) is 10.8. The molecule has 2 rings (SSSR count). The fraction of sp³-hybridized carbons (Fsp3) is 0.917. The van der Waals surface area contributed by atoms with Crippen molar-refractivity contribution in [1.82, 2.24) is 10.6 Å². The third-order valence-corrected chi connectivity index (χ3v) is 4.01. The molecule has 0 spiro atoms. The Morgan fingerprint density at radius 2 is 2.20 bits per heavy atom. The quantitative estimate of drug-likeness (QED) is 0.734. The normalized spacial score (nSPS) is 35.5. The SMILES string of the molecule is CNC(=O)CC(C)NC1CC2CCC1C2. The molecule has 2 aliphatic carbocycles. The molecule has 2 N–H and O–H groups in total. The van der Waals surface area contributed by atoms with E-state index in [0.717, 1.165) is 11.8 Å². The van der Waals surface area contributed by atoms with Crippen LogP contribution in [0, 0.1) is 11.8 Å². The highest BCUT2D eigenvalue weighted by Gasteiger charge is 2.39. The monoisotopic (exact) mass is 210 g/mol. The number of carbonyl (C=O) groups is 1. The third-order valence-electron chi connectivity index (χ3n) is 4.01. The zero-order valence-electron chi connectivity index (χ0n) is 9.75. The number of nitrogens with one attached hydrogen (secondary N) is 2. The van der Waals surface area contributed by atoms with Crippen LogP contribution in [0.4, 0.5) is 0 Å². The van der Waals surface area contributed by atoms with Crippen LogP contribution in [0.2, 0.25) is 0 Å². The summed E-state index contributed by atoms with van der Waals surface area (Å²) in [6.07, 6.45) is 6.19. The molecular formula is C12H22N2O. The molecule has 15 heavy (non-hydrogen) atoms. The first kappa shape index (κ1) is 10.9. The average Bonchev–Trinajstić information content (AvgIpc) is 2.78. The summed E-state index contributed by atoms with van der Waals surface area (Å²) < 4.78 is 0. The Morgan fingerprint density at radius 3 is 2.73 bits per heavy atom. The molecule has 0 heterocycles. The lowest BCUT2D eigenvalue weighted by Crippen LogP contribution is -2.42. The van der Waals surface area contributed by atoms with E-state index in [-0.39, 0.29) is 5.91 Å². The van der Waals surface area contributed by atoms with Crippen LogP contribution >= 0.6 is 0 Å². The molecule has 1 amide bonds. The number of hydrogen-bond donors (Lipinski definition) is 2. The number of fused-ring (bicyclic) bond motifs is 2. The maximum Gasteiger partial charge on any atom is 0.221 e. The van der Waals surface area contributed by atoms with Gasteiger partial charge in [0, 0.05) is 25.6 Å². The second-order valence-corrected chi connectivity index (χ2v) is 5.23. The van der Waals surface area contributed by atoms with Crippen molar-refractivity contribution in [2.24, 2.45) is 11.8 Å². The van der Waals surface area contributed by atoms with Crippen LogP contribution in [0.15, 0.2) is 0 Å². The van der Waals surface area contributed by atoms with E-state index >= 15 is 0 Å². The van der Waals surface area contributed by atoms with Crippen molar-refractivity contribution in [2.45, 2.75) is 51.1 Å². The second kappa shape index (κ2) is 4.52. The molecular weight excluding hydrogens is 188 g/mol. The Kier molecular flexibility index (Phi) is 3.29. The zero-order valence-corrected chi connectivity index (χ0v) is 9.75. The maximum atomic E-state index is 11.2. The summed E-state index contributed by atoms with van der Waals surface area (Å²) in [4.78, 5) is 11.2. The minimum absolute atomic E-state index is 0.137. The predicted molar refractivity (Wildman–Crippen MR) is 60.5 cm³/mol. The van der Waals surface area contributed by atoms with Gasteiger partial charge in [-0.05, 0) is 38.0 Å². The minimum atomic E-state index is 0.137. The van der Waals surface area contributed by atoms with Crippen LogP contribution in [0.5, 0.6) is 0 Å². The van der Waals surface area contributed by atoms with Gasteiger partial charge in [0.1, 0.15) is 0 Å². The van der Waals surface area contributed by atoms with Gasteiger partial charge in [0.2, 0.25) is 5.91 Å². The second-order valence-electron chi connectivity index (χ2n) is 5.23. The van der Waals surface area contributed by atoms with Gasteiger partial charge < -0.3 is 10.6 Å². The van der Waals surface area contributed by atoms with Crippen molar-refractivity contribution in [3.05, 3.63) is 0 Å². The Morgan fingerprint density at radius 1 is 1.40 bits per heavy atom. The molecule has 2 fully saturated rings. The summed E-state index contributed by atoms with van der Waals surface area (Å²) in [5.74, 6) is 2.00. The van der Waals surface area contributed by atoms with Crippen molar-refractivity contribution in [1.29, 1.82) is 0 Å². The lowest BCUT2D eigenvalue weighted by Gasteiger charge is -2.26. The van der Waals surface area contributed by atoms with E-state index < -0.39 is 0 Å². The van der Waals surface area contributed by atoms with Crippen LogP contribution in [0.1, 0.15) is 39.0 Å². The molecule has 0 radical (unpaired) electrons. The van der Waals surface area contributed by atoms with Gasteiger partial charge in [-0.1, -0.05) is 6.42 Å². The summed E-state index contributed by atoms with van der Waals surface area (Å²) in [5, 5.41) is 6.29. The lowest BCUT2D eigenvalue weighted by molar-refractivity contribution is -0.121. The summed E-state index contributed by atoms with van der Waals surface area (Å²) in [6, 6.07) is 0.998. The first-order valence-corrected chi connectivity index (χ1v) is 6.15. The van der Waals surface area contributed by atoms with Crippen molar-refractivity contribution in [3.63, 3.8) is 0 Å². The Hall–Kier alpha value is -0.570. The molecule has 4 atom stereocenters. The number of amides is 1. The van der Waals surface area contributed by atoms with Gasteiger partial charge in [0.25, 0.3) is 0 Å². The van der Waals surface area contributed by atoms with Gasteiger partial charge in [-0.2, -0.15) is 0 Å². The van der Waals surface area contributed by atoms with Gasteiger partial charge in [-0.15, -0.1) is 0 Å². The van der Waals surface area contributed by atoms with Crippen LogP contribution in [-0.4, -0.2) is 25.0 Å². The van der Waals surface area contributed by atoms with Crippen molar-refractivity contribution in [2.75, 3.05) is 7.05 Å². The highest BCUT2D eigenvalue weighted by Crippen LogP contribution is 2.44. The molecule has 4 unspecified atom stereocenters. The van der Waals surface area contributed by atoms with Gasteiger partial charge in [0.05, 0.1) is 0 Å². The van der Waals surface area contributed by atoms with Crippen molar-refractivity contribution in [3.8, 4) is 0 Å². The molecule has 0 aromatic rings. The first-order valence-electron chi connectivity index (χ1n) is 6.15. The van der Waals surface area contributed by atoms with E-state index in [2.05, 4.69) is 17.6 Å². The Labute approximate surface area is 92.0 Å². The molecule has 2 bridgehead atoms. The first-order chi connectivity index (χ1) is 7.19. The van der Waals surface area contributed by atoms with E-state index in [0.29, 0.717) is 18.5 Å². The van der Waals surface area contributed by atoms with Gasteiger partial charge >= 0.3 is 0 Å². The molecule has 2 aliphatic rings. The van der Waals surface area contributed by atoms with Crippen LogP contribution in [-0.2, 0) is 4.79 Å². The van der Waals surface area contributed by atoms with E-state index in [1.807, 2.05) is 0 Å². The van der Waals surface area contributed by atoms with E-state index in [1.165, 1.54) is 25.7 Å². The Bertz CT molecular complexity index is 242. The summed E-state index contributed by atoms with van der Waals surface area (Å²) in [6.45, 7) is 2.11. The smallest absolute Gasteiger partial charge is 0.221 e. The van der Waals surface area contributed by atoms with Gasteiger partial charge in [-0.25, -0.2) is 0 Å². The highest BCUT2D eigenvalue weighted by molar-refractivity contribution is 5.76. The predicted octanol–water partition coefficient (Wildman–Crippen LogP) is 1.29. The number of carbonyl (C=O) groups excluding carboxylic acids is 1. The topological polar surface area (TPSA) is 41.1 Å². The average molecular weight is 210 g/mol. The van der Waals surface area contributed by atoms with Gasteiger partial charge in [-0.3, -0.25) is 4.79 Å². The van der Waals surface area contributed by atoms with E-state index in [1.54, 1.807) is 7.05 Å². The molecule has 3 nitrogen and oxygen atoms in total. The van der Waals surface area contributed by atoms with Crippen molar-refractivity contribution >= 4 is 5.91 Å². The van der Waals surface area contributed by atoms with Crippen LogP contribution < -0.4 is 10.6 Å². The van der Waals surface area contributed by atoms with E-state index in [4.69, 9.17) is 0 Å². The highest BCUT2D eigenvalue weighted by atomic mass is 16.1. The standard InChI is InChI=1S/C12H22N2O/c1-8(5-12(15)13-2)14-11-7-9-3-4-10(11)6-9/h8-11,14H,3-7H2,1-2H3,(H,13,15). The molecule has 0 aliphatic heterocycles. The van der Waals surface area contributed by atoms with Crippen LogP contribution in [0.25, 0.3) is 0 Å². The molecule has 0 aromatic heterocycles. The minimum Gasteiger partial charge on any atom is -0.359 e. The fourth-order valence-corrected chi connectivity index (χ4v) is 3.25. The third kappa shape index (κ3) is 2.51. The molecule has 2 saturated carbocycles. The maximum absolute atomic E-state index is 11.2. The number of rotatable bonds is 4. The van der Waals surface area contributed by atoms with Crippen LogP contribution in [0.3, 0.4) is 0 Å². The largest absolute Gasteiger partial charge is 0.359 e. The van der Waals surface area contributed by atoms with E-state index in [9.17, 15) is 4.79 Å². The summed E-state index contributed by atoms with van der Waals surface area (Å²) in [5.41, 5.74) is 0. The fourth-order valence-electron chi connectivity index (χ4n) is 3.25. The van der Waals surface area contributed by atoms with Crippen molar-refractivity contribution < 1.29 is 4.79 Å².